The Kier molecular flexibility index (Phi) is 6.99. The van der Waals surface area contributed by atoms with Gasteiger partial charge in [0.05, 0.1) is 17.3 Å². The molecule has 0 unspecified atom stereocenters. The van der Waals surface area contributed by atoms with Crippen LogP contribution in [0.15, 0.2) is 66.2 Å². The predicted molar refractivity (Wildman–Crippen MR) is 128 cm³/mol. The van der Waals surface area contributed by atoms with Crippen molar-refractivity contribution in [1.29, 1.82) is 0 Å². The zero-order chi connectivity index (χ0) is 26.9. The third-order valence-electron chi connectivity index (χ3n) is 5.89. The summed E-state index contributed by atoms with van der Waals surface area (Å²) >= 11 is 0. The van der Waals surface area contributed by atoms with Gasteiger partial charge in [0.25, 0.3) is 5.78 Å². The fourth-order valence-electron chi connectivity index (χ4n) is 4.01. The SMILES string of the molecule is CC(C)c1ccc(/C(O)=C2\C(=O)C(=O)N(c3ccc(CN)nn3)[C@H]2c2ccc(OC(F)(F)F)cc2)cc1. The maximum Gasteiger partial charge on any atom is 0.573 e. The molecule has 1 aliphatic rings. The van der Waals surface area contributed by atoms with Gasteiger partial charge in [0.2, 0.25) is 0 Å². The van der Waals surface area contributed by atoms with Crippen molar-refractivity contribution in [1.82, 2.24) is 10.2 Å². The number of nitrogens with zero attached hydrogens (tertiary/aromatic N) is 3. The van der Waals surface area contributed by atoms with E-state index >= 15 is 0 Å². The molecule has 0 spiro atoms. The first kappa shape index (κ1) is 25.8. The number of Topliss-reactive ketones (excluding diaryl/α,β-unsaturated/α-hetero) is 1. The smallest absolute Gasteiger partial charge is 0.507 e. The second kappa shape index (κ2) is 10.0. The summed E-state index contributed by atoms with van der Waals surface area (Å²) in [6.07, 6.45) is -4.89. The maximum atomic E-state index is 13.2. The van der Waals surface area contributed by atoms with Crippen LogP contribution in [0.4, 0.5) is 19.0 Å². The van der Waals surface area contributed by atoms with Crippen molar-refractivity contribution in [2.24, 2.45) is 5.73 Å². The third-order valence-corrected chi connectivity index (χ3v) is 5.89. The predicted octanol–water partition coefficient (Wildman–Crippen LogP) is 4.58. The van der Waals surface area contributed by atoms with Crippen molar-refractivity contribution in [3.05, 3.63) is 88.6 Å². The van der Waals surface area contributed by atoms with Gasteiger partial charge in [-0.3, -0.25) is 14.5 Å². The summed E-state index contributed by atoms with van der Waals surface area (Å²) in [6.45, 7) is 4.11. The number of nitrogens with two attached hydrogens (primary N) is 1. The Morgan fingerprint density at radius 1 is 1.03 bits per heavy atom. The number of halogens is 3. The lowest BCUT2D eigenvalue weighted by Crippen LogP contribution is -2.30. The number of alkyl halides is 3. The molecule has 1 saturated heterocycles. The van der Waals surface area contributed by atoms with Crippen LogP contribution in [0.25, 0.3) is 5.76 Å². The van der Waals surface area contributed by atoms with Gasteiger partial charge in [-0.1, -0.05) is 50.2 Å². The third kappa shape index (κ3) is 5.31. The van der Waals surface area contributed by atoms with E-state index < -0.39 is 35.6 Å². The van der Waals surface area contributed by atoms with E-state index in [4.69, 9.17) is 5.73 Å². The maximum absolute atomic E-state index is 13.2. The van der Waals surface area contributed by atoms with Gasteiger partial charge in [-0.2, -0.15) is 5.10 Å². The molecule has 8 nitrogen and oxygen atoms in total. The molecule has 11 heteroatoms. The second-order valence-electron chi connectivity index (χ2n) is 8.65. The average Bonchev–Trinajstić information content (AvgIpc) is 3.13. The molecule has 192 valence electrons. The molecule has 1 atom stereocenters. The number of carbonyl (C=O) groups is 2. The Labute approximate surface area is 210 Å². The molecule has 2 heterocycles. The number of amides is 1. The van der Waals surface area contributed by atoms with Gasteiger partial charge in [0.1, 0.15) is 11.5 Å². The molecule has 0 aliphatic carbocycles. The number of aromatic nitrogens is 2. The molecule has 1 amide bonds. The van der Waals surface area contributed by atoms with Crippen LogP contribution in [0.3, 0.4) is 0 Å². The van der Waals surface area contributed by atoms with Gasteiger partial charge in [-0.05, 0) is 41.3 Å². The molecule has 1 fully saturated rings. The van der Waals surface area contributed by atoms with Gasteiger partial charge in [-0.25, -0.2) is 0 Å². The van der Waals surface area contributed by atoms with E-state index in [9.17, 15) is 27.9 Å². The number of rotatable bonds is 6. The number of ether oxygens (including phenoxy) is 1. The highest BCUT2D eigenvalue weighted by atomic mass is 19.4. The minimum Gasteiger partial charge on any atom is -0.507 e. The van der Waals surface area contributed by atoms with Crippen molar-refractivity contribution >= 4 is 23.3 Å². The van der Waals surface area contributed by atoms with Crippen LogP contribution in [0, 0.1) is 0 Å². The molecule has 1 aliphatic heterocycles. The van der Waals surface area contributed by atoms with E-state index in [1.165, 1.54) is 24.3 Å². The van der Waals surface area contributed by atoms with E-state index in [1.54, 1.807) is 24.3 Å². The highest BCUT2D eigenvalue weighted by molar-refractivity contribution is 6.51. The van der Waals surface area contributed by atoms with Gasteiger partial charge in [-0.15, -0.1) is 18.3 Å². The number of benzene rings is 2. The highest BCUT2D eigenvalue weighted by Crippen LogP contribution is 2.42. The second-order valence-corrected chi connectivity index (χ2v) is 8.65. The first-order chi connectivity index (χ1) is 17.5. The molecule has 2 aromatic carbocycles. The lowest BCUT2D eigenvalue weighted by molar-refractivity contribution is -0.274. The van der Waals surface area contributed by atoms with Crippen molar-refractivity contribution in [2.45, 2.75) is 38.7 Å². The summed E-state index contributed by atoms with van der Waals surface area (Å²) in [5.41, 5.74) is 7.32. The van der Waals surface area contributed by atoms with Crippen LogP contribution in [-0.2, 0) is 16.1 Å². The van der Waals surface area contributed by atoms with Crippen LogP contribution in [0.1, 0.15) is 48.2 Å². The molecule has 37 heavy (non-hydrogen) atoms. The first-order valence-electron chi connectivity index (χ1n) is 11.3. The summed E-state index contributed by atoms with van der Waals surface area (Å²) in [6, 6.07) is 13.3. The van der Waals surface area contributed by atoms with Crippen LogP contribution in [0.2, 0.25) is 0 Å². The van der Waals surface area contributed by atoms with Gasteiger partial charge < -0.3 is 15.6 Å². The molecule has 4 rings (SSSR count). The normalized spacial score (nSPS) is 17.5. The summed E-state index contributed by atoms with van der Waals surface area (Å²) in [5, 5.41) is 19.1. The average molecular weight is 512 g/mol. The minimum atomic E-state index is -4.89. The Balaban J connectivity index is 1.85. The van der Waals surface area contributed by atoms with Gasteiger partial charge in [0, 0.05) is 12.1 Å². The zero-order valence-corrected chi connectivity index (χ0v) is 19.9. The highest BCUT2D eigenvalue weighted by Gasteiger charge is 2.47. The molecule has 0 radical (unpaired) electrons. The molecular formula is C26H23F3N4O4. The summed E-state index contributed by atoms with van der Waals surface area (Å²) < 4.78 is 41.8. The molecule has 1 aromatic heterocycles. The number of aliphatic hydroxyl groups is 1. The fraction of sp³-hybridized carbons (Fsp3) is 0.231. The number of carbonyl (C=O) groups excluding carboxylic acids is 2. The van der Waals surface area contributed by atoms with Crippen LogP contribution in [0.5, 0.6) is 5.75 Å². The van der Waals surface area contributed by atoms with E-state index in [-0.39, 0.29) is 29.4 Å². The van der Waals surface area contributed by atoms with Crippen molar-refractivity contribution < 1.29 is 32.6 Å². The van der Waals surface area contributed by atoms with E-state index in [0.717, 1.165) is 22.6 Å². The summed E-state index contributed by atoms with van der Waals surface area (Å²) in [7, 11) is 0. The standard InChI is InChI=1S/C26H23F3N4O4/c1-14(2)15-3-5-17(6-4-15)23(34)21-22(16-7-10-19(11-8-16)37-26(27,28)29)33(25(36)24(21)35)20-12-9-18(13-30)31-32-20/h3-12,14,22,34H,13,30H2,1-2H3/b23-21+/t22-/m0/s1. The Morgan fingerprint density at radius 3 is 2.19 bits per heavy atom. The van der Waals surface area contributed by atoms with E-state index in [1.807, 2.05) is 13.8 Å². The molecule has 3 aromatic rings. The summed E-state index contributed by atoms with van der Waals surface area (Å²) in [5.74, 6) is -2.62. The minimum absolute atomic E-state index is 0.00845. The van der Waals surface area contributed by atoms with Crippen LogP contribution < -0.4 is 15.4 Å². The van der Waals surface area contributed by atoms with Crippen molar-refractivity contribution in [2.75, 3.05) is 4.90 Å². The number of hydrogen-bond donors (Lipinski definition) is 2. The van der Waals surface area contributed by atoms with E-state index in [0.29, 0.717) is 11.3 Å². The topological polar surface area (TPSA) is 119 Å². The molecule has 3 N–H and O–H groups in total. The Bertz CT molecular complexity index is 1340. The Hall–Kier alpha value is -4.25. The Morgan fingerprint density at radius 2 is 1.68 bits per heavy atom. The lowest BCUT2D eigenvalue weighted by atomic mass is 9.94. The largest absolute Gasteiger partial charge is 0.573 e. The lowest BCUT2D eigenvalue weighted by Gasteiger charge is -2.24. The molecule has 0 bridgehead atoms. The number of anilines is 1. The van der Waals surface area contributed by atoms with Crippen molar-refractivity contribution in [3.63, 3.8) is 0 Å². The molecular weight excluding hydrogens is 489 g/mol. The summed E-state index contributed by atoms with van der Waals surface area (Å²) in [4.78, 5) is 27.4. The number of ketones is 1. The van der Waals surface area contributed by atoms with Gasteiger partial charge >= 0.3 is 12.3 Å². The zero-order valence-electron chi connectivity index (χ0n) is 19.9. The monoisotopic (exact) mass is 512 g/mol. The first-order valence-corrected chi connectivity index (χ1v) is 11.3. The number of hydrogen-bond acceptors (Lipinski definition) is 7. The van der Waals surface area contributed by atoms with E-state index in [2.05, 4.69) is 14.9 Å². The van der Waals surface area contributed by atoms with Crippen LogP contribution in [-0.4, -0.2) is 33.4 Å². The quantitative estimate of drug-likeness (QED) is 0.282. The molecule has 0 saturated carbocycles. The van der Waals surface area contributed by atoms with Crippen LogP contribution >= 0.6 is 0 Å². The van der Waals surface area contributed by atoms with Crippen molar-refractivity contribution in [3.8, 4) is 5.75 Å². The van der Waals surface area contributed by atoms with Gasteiger partial charge in [0.15, 0.2) is 5.82 Å². The fourth-order valence-corrected chi connectivity index (χ4v) is 4.01. The number of aliphatic hydroxyl groups excluding tert-OH is 1.